The number of benzene rings is 1. The fourth-order valence-electron chi connectivity index (χ4n) is 8.16. The second-order valence-corrected chi connectivity index (χ2v) is 17.6. The van der Waals surface area contributed by atoms with E-state index in [1.165, 1.54) is 24.8 Å². The molecule has 338 valence electrons. The van der Waals surface area contributed by atoms with Gasteiger partial charge in [0.25, 0.3) is 5.56 Å². The van der Waals surface area contributed by atoms with Crippen LogP contribution in [0.1, 0.15) is 61.7 Å². The van der Waals surface area contributed by atoms with Crippen LogP contribution in [0.5, 0.6) is 0 Å². The van der Waals surface area contributed by atoms with E-state index in [-0.39, 0.29) is 42.8 Å². The summed E-state index contributed by atoms with van der Waals surface area (Å²) in [6.07, 6.45) is 2.55. The lowest BCUT2D eigenvalue weighted by Gasteiger charge is -2.33. The molecule has 5 aromatic heterocycles. The Morgan fingerprint density at radius 3 is 2.48 bits per heavy atom. The summed E-state index contributed by atoms with van der Waals surface area (Å²) in [6, 6.07) is 5.94. The lowest BCUT2D eigenvalue weighted by atomic mass is 9.95. The minimum absolute atomic E-state index is 0.0396. The summed E-state index contributed by atoms with van der Waals surface area (Å²) in [6.45, 7) is 0.257. The molecule has 2 amide bonds. The van der Waals surface area contributed by atoms with Crippen molar-refractivity contribution in [2.24, 2.45) is 5.41 Å². The molecule has 1 spiro atoms. The van der Waals surface area contributed by atoms with Crippen LogP contribution in [0.2, 0.25) is 0 Å². The van der Waals surface area contributed by atoms with Gasteiger partial charge in [-0.05, 0) is 68.5 Å². The van der Waals surface area contributed by atoms with Gasteiger partial charge in [0.05, 0.1) is 35.1 Å². The summed E-state index contributed by atoms with van der Waals surface area (Å²) in [5, 5.41) is 14.0. The van der Waals surface area contributed by atoms with Crippen LogP contribution in [0.15, 0.2) is 72.2 Å². The minimum Gasteiger partial charge on any atom is -0.348 e. The molecule has 3 atom stereocenters. The van der Waals surface area contributed by atoms with Gasteiger partial charge in [-0.15, -0.1) is 0 Å². The van der Waals surface area contributed by atoms with Gasteiger partial charge in [-0.25, -0.2) is 28.3 Å². The highest BCUT2D eigenvalue weighted by molar-refractivity contribution is 7.46. The summed E-state index contributed by atoms with van der Waals surface area (Å²) < 4.78 is 104. The van der Waals surface area contributed by atoms with Gasteiger partial charge in [0.15, 0.2) is 12.4 Å². The molecule has 6 heterocycles. The van der Waals surface area contributed by atoms with Gasteiger partial charge in [-0.3, -0.25) is 28.0 Å². The highest BCUT2D eigenvalue weighted by Gasteiger charge is 2.66. The Bertz CT molecular complexity index is 2910. The van der Waals surface area contributed by atoms with Crippen LogP contribution in [0.25, 0.3) is 28.3 Å². The van der Waals surface area contributed by atoms with E-state index in [9.17, 15) is 40.9 Å². The van der Waals surface area contributed by atoms with Gasteiger partial charge in [0.2, 0.25) is 17.6 Å². The topological polar surface area (TPSA) is 217 Å². The number of halogens is 6. The number of carbonyl (C=O) groups is 2. The SMILES string of the molecule is Cc1cn2cc(-c3ccc([C@H]4C[C@@]45CCN([C@H](Cc4cnn(C(F)F)c4)C(=O)NC(C)(C)Cn4nc(C(F)(F)F)cc4-c4ccc(=O)n(COP(=O)(O)O)n4)C5=O)c(F)c3)cnc2n1. The number of imidazole rings is 1. The number of fused-ring (bicyclic) bond motifs is 1. The molecule has 64 heavy (non-hydrogen) atoms. The second-order valence-electron chi connectivity index (χ2n) is 16.4. The average Bonchev–Trinajstić information content (AvgIpc) is 3.62. The maximum absolute atomic E-state index is 15.9. The molecular weight excluding hydrogens is 879 g/mol. The zero-order chi connectivity index (χ0) is 46.1. The van der Waals surface area contributed by atoms with Gasteiger partial charge in [-0.1, -0.05) is 12.1 Å². The molecule has 8 rings (SSSR count). The second kappa shape index (κ2) is 16.1. The lowest BCUT2D eigenvalue weighted by Crippen LogP contribution is -2.56. The third-order valence-corrected chi connectivity index (χ3v) is 11.7. The van der Waals surface area contributed by atoms with Gasteiger partial charge >= 0.3 is 20.5 Å². The third-order valence-electron chi connectivity index (χ3n) is 11.2. The Hall–Kier alpha value is -6.23. The molecular formula is C39H38F6N11O7P. The van der Waals surface area contributed by atoms with Crippen LogP contribution >= 0.6 is 7.82 Å². The zero-order valence-corrected chi connectivity index (χ0v) is 34.8. The highest BCUT2D eigenvalue weighted by Crippen LogP contribution is 2.65. The first kappa shape index (κ1) is 44.4. The zero-order valence-electron chi connectivity index (χ0n) is 33.9. The van der Waals surface area contributed by atoms with E-state index in [1.807, 2.05) is 6.92 Å². The number of nitrogens with one attached hydrogen (secondary N) is 1. The Morgan fingerprint density at radius 1 is 1.03 bits per heavy atom. The van der Waals surface area contributed by atoms with Gasteiger partial charge < -0.3 is 20.0 Å². The molecule has 25 heteroatoms. The van der Waals surface area contributed by atoms with Crippen LogP contribution in [0, 0.1) is 18.2 Å². The smallest absolute Gasteiger partial charge is 0.348 e. The molecule has 2 aliphatic rings. The summed E-state index contributed by atoms with van der Waals surface area (Å²) >= 11 is 0. The highest BCUT2D eigenvalue weighted by atomic mass is 31.2. The fraction of sp³-hybridized carbons (Fsp3) is 0.385. The molecule has 1 aliphatic carbocycles. The summed E-state index contributed by atoms with van der Waals surface area (Å²) in [5.41, 5.74) is -2.97. The number of hydrogen-bond acceptors (Lipinski definition) is 10. The Kier molecular flexibility index (Phi) is 11.2. The number of carbonyl (C=O) groups excluding carboxylic acids is 2. The van der Waals surface area contributed by atoms with Crippen LogP contribution in [0.4, 0.5) is 26.3 Å². The molecule has 0 bridgehead atoms. The van der Waals surface area contributed by atoms with Crippen molar-refractivity contribution in [1.82, 2.24) is 53.9 Å². The van der Waals surface area contributed by atoms with Gasteiger partial charge in [0, 0.05) is 55.3 Å². The summed E-state index contributed by atoms with van der Waals surface area (Å²) in [4.78, 5) is 69.3. The van der Waals surface area contributed by atoms with Crippen LogP contribution in [-0.2, 0) is 44.6 Å². The Morgan fingerprint density at radius 2 is 1.80 bits per heavy atom. The number of amides is 2. The molecule has 1 aromatic carbocycles. The summed E-state index contributed by atoms with van der Waals surface area (Å²) in [7, 11) is -5.08. The van der Waals surface area contributed by atoms with Crippen molar-refractivity contribution in [2.75, 3.05) is 6.54 Å². The molecule has 0 radical (unpaired) electrons. The number of rotatable bonds is 14. The predicted octanol–water partition coefficient (Wildman–Crippen LogP) is 4.85. The standard InChI is InChI=1S/C39H38F6N11O7P/c1-21-16-52-18-24(15-46-36(52)48-21)23-4-5-25(27(40)11-23)26-13-38(26)8-9-53(34(38)59)30(10-22-14-47-54(17-22)35(41)42)33(58)49-37(2,3)19-55-29(12-31(51-55)39(43,44)45)28-6-7-32(57)56(50-28)20-63-64(60,61)62/h4-7,11-12,14-18,26,30,35H,8-10,13,19-20H2,1-3H3,(H,49,58)(H2,60,61,62)/t26-,30-,38+/m1/s1. The van der Waals surface area contributed by atoms with Crippen molar-refractivity contribution in [3.05, 3.63) is 106 Å². The molecule has 18 nitrogen and oxygen atoms in total. The minimum atomic E-state index is -5.08. The number of phosphoric ester groups is 1. The number of aryl methyl sites for hydroxylation is 1. The van der Waals surface area contributed by atoms with Crippen molar-refractivity contribution in [3.63, 3.8) is 0 Å². The molecule has 1 saturated carbocycles. The van der Waals surface area contributed by atoms with Crippen molar-refractivity contribution in [1.29, 1.82) is 0 Å². The van der Waals surface area contributed by atoms with Crippen LogP contribution < -0.4 is 10.9 Å². The third kappa shape index (κ3) is 8.94. The van der Waals surface area contributed by atoms with Gasteiger partial charge in [0.1, 0.15) is 17.6 Å². The number of likely N-dealkylation sites (tertiary alicyclic amines) is 1. The van der Waals surface area contributed by atoms with Crippen molar-refractivity contribution in [2.45, 2.75) is 83.5 Å². The van der Waals surface area contributed by atoms with E-state index in [0.717, 1.165) is 34.9 Å². The molecule has 1 aliphatic heterocycles. The van der Waals surface area contributed by atoms with E-state index in [2.05, 4.69) is 35.1 Å². The number of alkyl halides is 5. The fourth-order valence-corrected chi connectivity index (χ4v) is 8.42. The number of aromatic nitrogens is 9. The van der Waals surface area contributed by atoms with E-state index in [0.29, 0.717) is 37.9 Å². The van der Waals surface area contributed by atoms with Crippen LogP contribution in [-0.4, -0.2) is 88.3 Å². The Balaban J connectivity index is 1.04. The first-order chi connectivity index (χ1) is 30.0. The van der Waals surface area contributed by atoms with E-state index >= 15 is 4.39 Å². The maximum Gasteiger partial charge on any atom is 0.471 e. The maximum atomic E-state index is 15.9. The lowest BCUT2D eigenvalue weighted by molar-refractivity contribution is -0.141. The first-order valence-electron chi connectivity index (χ1n) is 19.5. The normalized spacial score (nSPS) is 18.5. The first-order valence-corrected chi connectivity index (χ1v) is 21.0. The molecule has 6 aromatic rings. The van der Waals surface area contributed by atoms with E-state index < -0.39 is 85.6 Å². The quantitative estimate of drug-likeness (QED) is 0.0988. The number of nitrogens with zero attached hydrogens (tertiary/aromatic N) is 10. The molecule has 2 fully saturated rings. The van der Waals surface area contributed by atoms with Crippen molar-refractivity contribution >= 4 is 25.4 Å². The van der Waals surface area contributed by atoms with Gasteiger partial charge in [-0.2, -0.15) is 37.2 Å². The molecule has 0 unspecified atom stereocenters. The monoisotopic (exact) mass is 917 g/mol. The average molecular weight is 918 g/mol. The molecule has 1 saturated heterocycles. The Labute approximate surface area is 357 Å². The van der Waals surface area contributed by atoms with Crippen molar-refractivity contribution < 1.29 is 54.8 Å². The number of hydrogen-bond donors (Lipinski definition) is 3. The molecule has 3 N–H and O–H groups in total. The largest absolute Gasteiger partial charge is 0.471 e. The van der Waals surface area contributed by atoms with Crippen molar-refractivity contribution in [3.8, 4) is 22.5 Å². The van der Waals surface area contributed by atoms with E-state index in [1.54, 1.807) is 35.1 Å². The number of phosphoric acid groups is 1. The van der Waals surface area contributed by atoms with E-state index in [4.69, 9.17) is 9.79 Å². The van der Waals surface area contributed by atoms with Crippen LogP contribution in [0.3, 0.4) is 0 Å². The predicted molar refractivity (Wildman–Crippen MR) is 210 cm³/mol. The summed E-state index contributed by atoms with van der Waals surface area (Å²) in [5.74, 6) is -1.85.